The second-order valence-corrected chi connectivity index (χ2v) is 5.20. The molecular weight excluding hydrogens is 279 g/mol. The van der Waals surface area contributed by atoms with E-state index in [1.54, 1.807) is 6.07 Å². The number of benzene rings is 1. The van der Waals surface area contributed by atoms with Crippen molar-refractivity contribution in [2.24, 2.45) is 0 Å². The van der Waals surface area contributed by atoms with Gasteiger partial charge >= 0.3 is 0 Å². The van der Waals surface area contributed by atoms with Crippen LogP contribution in [0.5, 0.6) is 0 Å². The van der Waals surface area contributed by atoms with Crippen molar-refractivity contribution >= 4 is 17.4 Å². The standard InChI is InChI=1S/C15H16ClFN2O/c1-3-10(2)19-7-6-12(18-19)9-15(20)13-8-11(16)4-5-14(13)17/h4-8,10H,3,9H2,1-2H3. The lowest BCUT2D eigenvalue weighted by Gasteiger charge is -2.08. The quantitative estimate of drug-likeness (QED) is 0.779. The van der Waals surface area contributed by atoms with E-state index in [0.717, 1.165) is 6.42 Å². The van der Waals surface area contributed by atoms with E-state index in [0.29, 0.717) is 10.7 Å². The zero-order valence-electron chi connectivity index (χ0n) is 11.4. The van der Waals surface area contributed by atoms with E-state index in [2.05, 4.69) is 18.9 Å². The van der Waals surface area contributed by atoms with E-state index in [1.165, 1.54) is 18.2 Å². The first-order chi connectivity index (χ1) is 9.51. The van der Waals surface area contributed by atoms with Crippen LogP contribution in [0.4, 0.5) is 4.39 Å². The molecule has 5 heteroatoms. The Kier molecular flexibility index (Phi) is 4.55. The second-order valence-electron chi connectivity index (χ2n) is 4.77. The van der Waals surface area contributed by atoms with Crippen molar-refractivity contribution < 1.29 is 9.18 Å². The molecule has 0 saturated carbocycles. The van der Waals surface area contributed by atoms with Crippen LogP contribution in [0.2, 0.25) is 5.02 Å². The Balaban J connectivity index is 2.15. The Hall–Kier alpha value is -1.68. The maximum absolute atomic E-state index is 13.6. The van der Waals surface area contributed by atoms with E-state index in [9.17, 15) is 9.18 Å². The zero-order chi connectivity index (χ0) is 14.7. The molecule has 0 N–H and O–H groups in total. The van der Waals surface area contributed by atoms with Gasteiger partial charge in [0.05, 0.1) is 17.7 Å². The van der Waals surface area contributed by atoms with E-state index >= 15 is 0 Å². The largest absolute Gasteiger partial charge is 0.294 e. The molecule has 2 aromatic rings. The van der Waals surface area contributed by atoms with Crippen molar-refractivity contribution in [1.82, 2.24) is 9.78 Å². The number of hydrogen-bond acceptors (Lipinski definition) is 2. The summed E-state index contributed by atoms with van der Waals surface area (Å²) < 4.78 is 15.4. The molecule has 0 aliphatic rings. The van der Waals surface area contributed by atoms with Gasteiger partial charge in [0.2, 0.25) is 0 Å². The van der Waals surface area contributed by atoms with Gasteiger partial charge in [0, 0.05) is 17.3 Å². The van der Waals surface area contributed by atoms with Gasteiger partial charge in [-0.25, -0.2) is 4.39 Å². The topological polar surface area (TPSA) is 34.9 Å². The molecule has 0 fully saturated rings. The number of rotatable bonds is 5. The SMILES string of the molecule is CCC(C)n1ccc(CC(=O)c2cc(Cl)ccc2F)n1. The van der Waals surface area contributed by atoms with Crippen LogP contribution < -0.4 is 0 Å². The van der Waals surface area contributed by atoms with Gasteiger partial charge in [0.25, 0.3) is 0 Å². The Morgan fingerprint density at radius 2 is 2.20 bits per heavy atom. The molecule has 1 unspecified atom stereocenters. The highest BCUT2D eigenvalue weighted by molar-refractivity contribution is 6.31. The zero-order valence-corrected chi connectivity index (χ0v) is 12.2. The van der Waals surface area contributed by atoms with E-state index < -0.39 is 5.82 Å². The molecule has 0 amide bonds. The highest BCUT2D eigenvalue weighted by Crippen LogP contribution is 2.17. The van der Waals surface area contributed by atoms with Crippen LogP contribution in [-0.4, -0.2) is 15.6 Å². The maximum atomic E-state index is 13.6. The summed E-state index contributed by atoms with van der Waals surface area (Å²) in [5, 5.41) is 4.69. The molecule has 0 bridgehead atoms. The molecule has 1 heterocycles. The number of aromatic nitrogens is 2. The lowest BCUT2D eigenvalue weighted by Crippen LogP contribution is -2.09. The number of ketones is 1. The highest BCUT2D eigenvalue weighted by Gasteiger charge is 2.15. The Morgan fingerprint density at radius 1 is 1.45 bits per heavy atom. The summed E-state index contributed by atoms with van der Waals surface area (Å²) in [6.45, 7) is 4.12. The lowest BCUT2D eigenvalue weighted by molar-refractivity contribution is 0.0988. The second kappa shape index (κ2) is 6.18. The predicted octanol–water partition coefficient (Wildman–Crippen LogP) is 4.07. The van der Waals surface area contributed by atoms with Gasteiger partial charge < -0.3 is 0 Å². The van der Waals surface area contributed by atoms with Crippen molar-refractivity contribution in [3.63, 3.8) is 0 Å². The smallest absolute Gasteiger partial charge is 0.171 e. The summed E-state index contributed by atoms with van der Waals surface area (Å²) in [7, 11) is 0. The summed E-state index contributed by atoms with van der Waals surface area (Å²) in [6, 6.07) is 6.04. The fraction of sp³-hybridized carbons (Fsp3) is 0.333. The van der Waals surface area contributed by atoms with Gasteiger partial charge in [-0.1, -0.05) is 18.5 Å². The van der Waals surface area contributed by atoms with Gasteiger partial charge in [0.15, 0.2) is 5.78 Å². The minimum atomic E-state index is -0.555. The molecule has 0 saturated heterocycles. The third-order valence-electron chi connectivity index (χ3n) is 3.28. The Morgan fingerprint density at radius 3 is 2.90 bits per heavy atom. The van der Waals surface area contributed by atoms with Crippen molar-refractivity contribution in [2.75, 3.05) is 0 Å². The van der Waals surface area contributed by atoms with E-state index in [-0.39, 0.29) is 23.8 Å². The lowest BCUT2D eigenvalue weighted by atomic mass is 10.1. The van der Waals surface area contributed by atoms with Crippen LogP contribution in [0.3, 0.4) is 0 Å². The van der Waals surface area contributed by atoms with Crippen LogP contribution in [0.25, 0.3) is 0 Å². The number of carbonyl (C=O) groups excluding carboxylic acids is 1. The minimum Gasteiger partial charge on any atom is -0.294 e. The molecule has 3 nitrogen and oxygen atoms in total. The average molecular weight is 295 g/mol. The van der Waals surface area contributed by atoms with E-state index in [4.69, 9.17) is 11.6 Å². The number of halogens is 2. The summed E-state index contributed by atoms with van der Waals surface area (Å²) in [4.78, 5) is 12.1. The molecule has 0 radical (unpaired) electrons. The summed E-state index contributed by atoms with van der Waals surface area (Å²) in [5.41, 5.74) is 0.644. The van der Waals surface area contributed by atoms with Gasteiger partial charge in [-0.05, 0) is 37.6 Å². The first kappa shape index (κ1) is 14.7. The van der Waals surface area contributed by atoms with Gasteiger partial charge in [0.1, 0.15) is 5.82 Å². The van der Waals surface area contributed by atoms with Crippen LogP contribution in [0.1, 0.15) is 42.4 Å². The fourth-order valence-electron chi connectivity index (χ4n) is 1.88. The van der Waals surface area contributed by atoms with Crippen LogP contribution in [0.15, 0.2) is 30.5 Å². The molecule has 1 aromatic carbocycles. The molecular formula is C15H16ClFN2O. The number of carbonyl (C=O) groups is 1. The third kappa shape index (κ3) is 3.25. The Bertz CT molecular complexity index is 624. The van der Waals surface area contributed by atoms with E-state index in [1.807, 2.05) is 10.9 Å². The fourth-order valence-corrected chi connectivity index (χ4v) is 2.05. The predicted molar refractivity (Wildman–Crippen MR) is 76.7 cm³/mol. The van der Waals surface area contributed by atoms with Gasteiger partial charge in [-0.15, -0.1) is 0 Å². The summed E-state index contributed by atoms with van der Waals surface area (Å²) in [6.07, 6.45) is 2.86. The minimum absolute atomic E-state index is 0.00981. The Labute approximate surface area is 122 Å². The van der Waals surface area contributed by atoms with Crippen LogP contribution in [-0.2, 0) is 6.42 Å². The van der Waals surface area contributed by atoms with Gasteiger partial charge in [-0.3, -0.25) is 9.48 Å². The normalized spacial score (nSPS) is 12.4. The number of Topliss-reactive ketones (excluding diaryl/α,β-unsaturated/α-hetero) is 1. The first-order valence-electron chi connectivity index (χ1n) is 6.53. The summed E-state index contributed by atoms with van der Waals surface area (Å²) in [5.74, 6) is -0.875. The summed E-state index contributed by atoms with van der Waals surface area (Å²) >= 11 is 5.79. The van der Waals surface area contributed by atoms with Gasteiger partial charge in [-0.2, -0.15) is 5.10 Å². The number of nitrogens with zero attached hydrogens (tertiary/aromatic N) is 2. The monoisotopic (exact) mass is 294 g/mol. The van der Waals surface area contributed by atoms with Crippen molar-refractivity contribution in [3.05, 3.63) is 52.6 Å². The van der Waals surface area contributed by atoms with Crippen molar-refractivity contribution in [1.29, 1.82) is 0 Å². The molecule has 2 rings (SSSR count). The molecule has 20 heavy (non-hydrogen) atoms. The highest BCUT2D eigenvalue weighted by atomic mass is 35.5. The molecule has 1 atom stereocenters. The van der Waals surface area contributed by atoms with Crippen molar-refractivity contribution in [2.45, 2.75) is 32.7 Å². The molecule has 106 valence electrons. The third-order valence-corrected chi connectivity index (χ3v) is 3.51. The molecule has 0 spiro atoms. The van der Waals surface area contributed by atoms with Crippen LogP contribution in [0, 0.1) is 5.82 Å². The molecule has 0 aliphatic heterocycles. The number of hydrogen-bond donors (Lipinski definition) is 0. The average Bonchev–Trinajstić information content (AvgIpc) is 2.89. The maximum Gasteiger partial charge on any atom is 0.171 e. The van der Waals surface area contributed by atoms with Crippen molar-refractivity contribution in [3.8, 4) is 0 Å². The van der Waals surface area contributed by atoms with Crippen LogP contribution >= 0.6 is 11.6 Å². The molecule has 1 aromatic heterocycles. The molecule has 0 aliphatic carbocycles. The first-order valence-corrected chi connectivity index (χ1v) is 6.91.